The molecule has 1 amide bonds. The number of thioether (sulfide) groups is 1. The van der Waals surface area contributed by atoms with Gasteiger partial charge in [0.25, 0.3) is 5.91 Å². The molecule has 1 saturated heterocycles. The second kappa shape index (κ2) is 6.51. The quantitative estimate of drug-likeness (QED) is 0.841. The smallest absolute Gasteiger partial charge is 0.264 e. The molecule has 6 heteroatoms. The Kier molecular flexibility index (Phi) is 4.22. The Morgan fingerprint density at radius 2 is 2.25 bits per heavy atom. The number of amides is 1. The van der Waals surface area contributed by atoms with Gasteiger partial charge in [0.2, 0.25) is 0 Å². The summed E-state index contributed by atoms with van der Waals surface area (Å²) in [6.07, 6.45) is 5.61. The molecule has 2 aliphatic rings. The molecule has 1 aromatic carbocycles. The van der Waals surface area contributed by atoms with Crippen LogP contribution < -0.4 is 4.74 Å². The van der Waals surface area contributed by atoms with E-state index in [1.165, 1.54) is 0 Å². The van der Waals surface area contributed by atoms with Gasteiger partial charge in [0.05, 0.1) is 12.2 Å². The van der Waals surface area contributed by atoms with E-state index in [0.29, 0.717) is 12.3 Å². The van der Waals surface area contributed by atoms with E-state index in [0.717, 1.165) is 35.6 Å². The van der Waals surface area contributed by atoms with Crippen molar-refractivity contribution >= 4 is 17.7 Å². The molecule has 2 unspecified atom stereocenters. The number of ether oxygens (including phenoxy) is 1. The van der Waals surface area contributed by atoms with Crippen molar-refractivity contribution in [2.45, 2.75) is 36.8 Å². The van der Waals surface area contributed by atoms with Gasteiger partial charge in [0.15, 0.2) is 6.10 Å². The minimum absolute atomic E-state index is 0.102. The Labute approximate surface area is 146 Å². The first-order chi connectivity index (χ1) is 11.7. The second-order valence-corrected chi connectivity index (χ2v) is 7.50. The fraction of sp³-hybridized carbons (Fsp3) is 0.444. The van der Waals surface area contributed by atoms with Gasteiger partial charge in [0.1, 0.15) is 5.75 Å². The largest absolute Gasteiger partial charge is 0.479 e. The van der Waals surface area contributed by atoms with Gasteiger partial charge in [-0.05, 0) is 37.5 Å². The van der Waals surface area contributed by atoms with Crippen LogP contribution in [0.1, 0.15) is 24.4 Å². The molecule has 24 heavy (non-hydrogen) atoms. The number of hydrogen-bond acceptors (Lipinski definition) is 4. The summed E-state index contributed by atoms with van der Waals surface area (Å²) in [4.78, 5) is 16.0. The third kappa shape index (κ3) is 3.02. The van der Waals surface area contributed by atoms with Gasteiger partial charge in [-0.3, -0.25) is 9.48 Å². The maximum absolute atomic E-state index is 12.9. The van der Waals surface area contributed by atoms with Crippen molar-refractivity contribution in [3.63, 3.8) is 0 Å². The molecular weight excluding hydrogens is 322 g/mol. The van der Waals surface area contributed by atoms with Gasteiger partial charge in [-0.25, -0.2) is 0 Å². The third-order valence-electron chi connectivity index (χ3n) is 4.60. The number of hydrogen-bond donors (Lipinski definition) is 0. The first-order valence-corrected chi connectivity index (χ1v) is 9.37. The summed E-state index contributed by atoms with van der Waals surface area (Å²) < 4.78 is 7.96. The summed E-state index contributed by atoms with van der Waals surface area (Å²) in [5.74, 6) is 1.60. The van der Waals surface area contributed by atoms with E-state index in [1.807, 2.05) is 47.0 Å². The van der Waals surface area contributed by atoms with E-state index in [-0.39, 0.29) is 18.1 Å². The van der Waals surface area contributed by atoms with Crippen LogP contribution in [0.5, 0.6) is 5.75 Å². The Morgan fingerprint density at radius 1 is 1.38 bits per heavy atom. The predicted molar refractivity (Wildman–Crippen MR) is 93.4 cm³/mol. The van der Waals surface area contributed by atoms with Crippen molar-refractivity contribution < 1.29 is 9.53 Å². The number of fused-ring (bicyclic) bond motifs is 1. The SMILES string of the molecule is Cc1cnn(C2CCCN(C(=O)C3CSc4ccccc4O3)C2)c1. The van der Waals surface area contributed by atoms with Crippen LogP contribution in [0.15, 0.2) is 41.6 Å². The molecular formula is C18H21N3O2S. The molecule has 0 radical (unpaired) electrons. The maximum Gasteiger partial charge on any atom is 0.264 e. The van der Waals surface area contributed by atoms with Gasteiger partial charge in [-0.1, -0.05) is 12.1 Å². The van der Waals surface area contributed by atoms with Crippen LogP contribution in [-0.4, -0.2) is 45.5 Å². The zero-order chi connectivity index (χ0) is 16.5. The van der Waals surface area contributed by atoms with Crippen LogP contribution in [0, 0.1) is 6.92 Å². The normalized spacial score (nSPS) is 23.5. The Hall–Kier alpha value is -1.95. The first-order valence-electron chi connectivity index (χ1n) is 8.39. The van der Waals surface area contributed by atoms with E-state index >= 15 is 0 Å². The van der Waals surface area contributed by atoms with E-state index in [9.17, 15) is 4.79 Å². The lowest BCUT2D eigenvalue weighted by Gasteiger charge is -2.36. The molecule has 2 aromatic rings. The number of likely N-dealkylation sites (tertiary alicyclic amines) is 1. The molecule has 3 heterocycles. The fourth-order valence-corrected chi connectivity index (χ4v) is 4.32. The van der Waals surface area contributed by atoms with Crippen LogP contribution in [0.3, 0.4) is 0 Å². The molecule has 0 spiro atoms. The highest BCUT2D eigenvalue weighted by atomic mass is 32.2. The summed E-state index contributed by atoms with van der Waals surface area (Å²) in [6, 6.07) is 8.19. The summed E-state index contributed by atoms with van der Waals surface area (Å²) in [5.41, 5.74) is 1.15. The number of aryl methyl sites for hydroxylation is 1. The fourth-order valence-electron chi connectivity index (χ4n) is 3.35. The summed E-state index contributed by atoms with van der Waals surface area (Å²) in [5, 5.41) is 4.42. The van der Waals surface area contributed by atoms with E-state index in [1.54, 1.807) is 11.8 Å². The summed E-state index contributed by atoms with van der Waals surface area (Å²) >= 11 is 1.70. The molecule has 5 nitrogen and oxygen atoms in total. The van der Waals surface area contributed by atoms with Crippen LogP contribution in [-0.2, 0) is 4.79 Å². The number of piperidine rings is 1. The molecule has 4 rings (SSSR count). The van der Waals surface area contributed by atoms with Gasteiger partial charge in [0, 0.05) is 29.9 Å². The molecule has 1 fully saturated rings. The lowest BCUT2D eigenvalue weighted by molar-refractivity contribution is -0.139. The second-order valence-electron chi connectivity index (χ2n) is 6.44. The van der Waals surface area contributed by atoms with E-state index in [4.69, 9.17) is 4.74 Å². The number of carbonyl (C=O) groups excluding carboxylic acids is 1. The molecule has 0 saturated carbocycles. The van der Waals surface area contributed by atoms with E-state index in [2.05, 4.69) is 11.3 Å². The number of carbonyl (C=O) groups is 1. The van der Waals surface area contributed by atoms with E-state index < -0.39 is 0 Å². The molecule has 1 aromatic heterocycles. The summed E-state index contributed by atoms with van der Waals surface area (Å²) in [6.45, 7) is 3.56. The minimum atomic E-state index is -0.386. The highest BCUT2D eigenvalue weighted by Crippen LogP contribution is 2.35. The van der Waals surface area contributed by atoms with Gasteiger partial charge < -0.3 is 9.64 Å². The van der Waals surface area contributed by atoms with Crippen LogP contribution in [0.4, 0.5) is 0 Å². The predicted octanol–water partition coefficient (Wildman–Crippen LogP) is 2.91. The maximum atomic E-state index is 12.9. The standard InChI is InChI=1S/C18H21N3O2S/c1-13-9-19-21(10-13)14-5-4-8-20(11-14)18(22)16-12-24-17-7-3-2-6-15(17)23-16/h2-3,6-7,9-10,14,16H,4-5,8,11-12H2,1H3. The van der Waals surface area contributed by atoms with Gasteiger partial charge >= 0.3 is 0 Å². The van der Waals surface area contributed by atoms with Crippen LogP contribution in [0.2, 0.25) is 0 Å². The zero-order valence-electron chi connectivity index (χ0n) is 13.7. The lowest BCUT2D eigenvalue weighted by atomic mass is 10.1. The van der Waals surface area contributed by atoms with Crippen LogP contribution in [0.25, 0.3) is 0 Å². The Balaban J connectivity index is 1.45. The molecule has 2 aliphatic heterocycles. The molecule has 126 valence electrons. The average molecular weight is 343 g/mol. The number of nitrogens with zero attached hydrogens (tertiary/aromatic N) is 3. The monoisotopic (exact) mass is 343 g/mol. The topological polar surface area (TPSA) is 47.4 Å². The lowest BCUT2D eigenvalue weighted by Crippen LogP contribution is -2.48. The number of rotatable bonds is 2. The van der Waals surface area contributed by atoms with Crippen molar-refractivity contribution in [3.8, 4) is 5.75 Å². The number of aromatic nitrogens is 2. The van der Waals surface area contributed by atoms with Crippen LogP contribution >= 0.6 is 11.8 Å². The molecule has 2 atom stereocenters. The molecule has 0 N–H and O–H groups in total. The number of para-hydroxylation sites is 1. The van der Waals surface area contributed by atoms with Gasteiger partial charge in [-0.2, -0.15) is 5.10 Å². The van der Waals surface area contributed by atoms with Crippen molar-refractivity contribution in [3.05, 3.63) is 42.2 Å². The Bertz CT molecular complexity index is 745. The van der Waals surface area contributed by atoms with Gasteiger partial charge in [-0.15, -0.1) is 11.8 Å². The average Bonchev–Trinajstić information content (AvgIpc) is 3.07. The third-order valence-corrected chi connectivity index (χ3v) is 5.71. The van der Waals surface area contributed by atoms with Crippen molar-refractivity contribution in [1.82, 2.24) is 14.7 Å². The minimum Gasteiger partial charge on any atom is -0.479 e. The van der Waals surface area contributed by atoms with Crippen molar-refractivity contribution in [1.29, 1.82) is 0 Å². The molecule has 0 bridgehead atoms. The highest BCUT2D eigenvalue weighted by molar-refractivity contribution is 7.99. The number of benzene rings is 1. The molecule has 0 aliphatic carbocycles. The van der Waals surface area contributed by atoms with Crippen molar-refractivity contribution in [2.24, 2.45) is 0 Å². The first kappa shape index (κ1) is 15.6. The van der Waals surface area contributed by atoms with Crippen molar-refractivity contribution in [2.75, 3.05) is 18.8 Å². The zero-order valence-corrected chi connectivity index (χ0v) is 14.5. The highest BCUT2D eigenvalue weighted by Gasteiger charge is 2.33. The Morgan fingerprint density at radius 3 is 3.08 bits per heavy atom. The summed E-state index contributed by atoms with van der Waals surface area (Å²) in [7, 11) is 0.